The van der Waals surface area contributed by atoms with Gasteiger partial charge in [0.15, 0.2) is 0 Å². The van der Waals surface area contributed by atoms with Gasteiger partial charge in [0.25, 0.3) is 11.8 Å². The standard InChI is InChI=1S/C29H19NO5/c1-3-13(4-2)30-26(31)18-9-5-14-16-7-11-20-25-21(29(34)35-28(20)33)12-8-17(23(16)25)15-6-10-19(27(30)32)24(18)22(14)15/h5-13H,3-4H2,1-2H3. The molecule has 0 aromatic heterocycles. The number of carbonyl (C=O) groups excluding carboxylic acids is 4. The molecule has 35 heavy (non-hydrogen) atoms. The van der Waals surface area contributed by atoms with Crippen LogP contribution in [0.25, 0.3) is 43.1 Å². The first-order chi connectivity index (χ1) is 17.0. The number of fused-ring (bicyclic) bond motifs is 2. The maximum Gasteiger partial charge on any atom is 0.346 e. The Morgan fingerprint density at radius 3 is 1.34 bits per heavy atom. The lowest BCUT2D eigenvalue weighted by Gasteiger charge is -2.33. The zero-order valence-corrected chi connectivity index (χ0v) is 19.1. The van der Waals surface area contributed by atoms with Gasteiger partial charge < -0.3 is 4.74 Å². The van der Waals surface area contributed by atoms with Gasteiger partial charge >= 0.3 is 11.9 Å². The quantitative estimate of drug-likeness (QED) is 0.111. The van der Waals surface area contributed by atoms with Crippen molar-refractivity contribution in [1.82, 2.24) is 4.90 Å². The average molecular weight is 461 g/mol. The number of ether oxygens (including phenoxy) is 1. The number of rotatable bonds is 3. The normalized spacial score (nSPS) is 15.5. The van der Waals surface area contributed by atoms with Gasteiger partial charge in [-0.1, -0.05) is 38.1 Å². The molecule has 0 saturated carbocycles. The number of esters is 2. The van der Waals surface area contributed by atoms with Gasteiger partial charge in [0.2, 0.25) is 0 Å². The van der Waals surface area contributed by atoms with E-state index in [0.29, 0.717) is 45.9 Å². The van der Waals surface area contributed by atoms with Gasteiger partial charge in [-0.25, -0.2) is 9.59 Å². The molecule has 5 aromatic carbocycles. The molecule has 0 fully saturated rings. The Hall–Kier alpha value is -4.32. The summed E-state index contributed by atoms with van der Waals surface area (Å²) in [5.74, 6) is -1.83. The predicted octanol–water partition coefficient (Wildman–Crippen LogP) is 5.83. The van der Waals surface area contributed by atoms with E-state index < -0.39 is 11.9 Å². The molecule has 0 aliphatic carbocycles. The maximum atomic E-state index is 13.6. The van der Waals surface area contributed by atoms with Crippen molar-refractivity contribution in [2.75, 3.05) is 0 Å². The minimum absolute atomic E-state index is 0.153. The fraction of sp³-hybridized carbons (Fsp3) is 0.172. The molecule has 2 amide bonds. The molecular weight excluding hydrogens is 442 g/mol. The Labute approximate surface area is 199 Å². The van der Waals surface area contributed by atoms with Crippen LogP contribution in [0, 0.1) is 0 Å². The van der Waals surface area contributed by atoms with E-state index in [1.54, 1.807) is 24.3 Å². The highest BCUT2D eigenvalue weighted by atomic mass is 16.6. The summed E-state index contributed by atoms with van der Waals surface area (Å²) < 4.78 is 4.93. The number of cyclic esters (lactones) is 2. The Kier molecular flexibility index (Phi) is 3.81. The summed E-state index contributed by atoms with van der Waals surface area (Å²) in [5.41, 5.74) is 1.78. The van der Waals surface area contributed by atoms with Gasteiger partial charge in [-0.3, -0.25) is 14.5 Å². The fourth-order valence-corrected chi connectivity index (χ4v) is 6.12. The van der Waals surface area contributed by atoms with E-state index in [9.17, 15) is 19.2 Å². The predicted molar refractivity (Wildman–Crippen MR) is 132 cm³/mol. The van der Waals surface area contributed by atoms with Crippen molar-refractivity contribution in [2.24, 2.45) is 0 Å². The lowest BCUT2D eigenvalue weighted by molar-refractivity contribution is 0.0389. The maximum absolute atomic E-state index is 13.6. The molecule has 2 aliphatic rings. The fourth-order valence-electron chi connectivity index (χ4n) is 6.12. The molecular formula is C29H19NO5. The first kappa shape index (κ1) is 20.1. The zero-order valence-electron chi connectivity index (χ0n) is 19.1. The van der Waals surface area contributed by atoms with Gasteiger partial charge in [0, 0.05) is 27.9 Å². The number of benzene rings is 5. The van der Waals surface area contributed by atoms with Crippen molar-refractivity contribution in [3.8, 4) is 0 Å². The molecule has 2 aliphatic heterocycles. The number of carbonyl (C=O) groups is 4. The Morgan fingerprint density at radius 1 is 0.571 bits per heavy atom. The van der Waals surface area contributed by atoms with Crippen LogP contribution in [0.5, 0.6) is 0 Å². The van der Waals surface area contributed by atoms with E-state index in [2.05, 4.69) is 0 Å². The summed E-state index contributed by atoms with van der Waals surface area (Å²) >= 11 is 0. The highest BCUT2D eigenvalue weighted by Gasteiger charge is 2.37. The molecule has 6 heteroatoms. The molecule has 0 saturated heterocycles. The van der Waals surface area contributed by atoms with Crippen LogP contribution in [0.15, 0.2) is 48.5 Å². The van der Waals surface area contributed by atoms with Crippen molar-refractivity contribution in [2.45, 2.75) is 32.7 Å². The molecule has 0 N–H and O–H groups in total. The Morgan fingerprint density at radius 2 is 0.943 bits per heavy atom. The van der Waals surface area contributed by atoms with Gasteiger partial charge in [-0.15, -0.1) is 0 Å². The van der Waals surface area contributed by atoms with Gasteiger partial charge in [0.1, 0.15) is 0 Å². The first-order valence-corrected chi connectivity index (χ1v) is 11.8. The summed E-state index contributed by atoms with van der Waals surface area (Å²) in [6.45, 7) is 3.97. The molecule has 5 aromatic rings. The largest absolute Gasteiger partial charge is 0.386 e. The topological polar surface area (TPSA) is 80.8 Å². The van der Waals surface area contributed by atoms with E-state index in [1.807, 2.05) is 38.1 Å². The van der Waals surface area contributed by atoms with Crippen LogP contribution in [0.1, 0.15) is 68.1 Å². The highest BCUT2D eigenvalue weighted by Crippen LogP contribution is 2.46. The molecule has 0 unspecified atom stereocenters. The zero-order chi connectivity index (χ0) is 24.2. The number of nitrogens with zero attached hydrogens (tertiary/aromatic N) is 1. The summed E-state index contributed by atoms with van der Waals surface area (Å²) in [6, 6.07) is 14.4. The summed E-state index contributed by atoms with van der Waals surface area (Å²) in [4.78, 5) is 53.5. The number of hydrogen-bond acceptors (Lipinski definition) is 5. The molecule has 2 heterocycles. The number of amides is 2. The summed E-state index contributed by atoms with van der Waals surface area (Å²) in [5, 5.41) is 6.40. The van der Waals surface area contributed by atoms with E-state index in [0.717, 1.165) is 32.3 Å². The van der Waals surface area contributed by atoms with Gasteiger partial charge in [-0.05, 0) is 69.4 Å². The summed E-state index contributed by atoms with van der Waals surface area (Å²) in [6.07, 6.45) is 1.40. The van der Waals surface area contributed by atoms with Gasteiger partial charge in [0.05, 0.1) is 11.1 Å². The molecule has 6 nitrogen and oxygen atoms in total. The first-order valence-electron chi connectivity index (χ1n) is 11.8. The van der Waals surface area contributed by atoms with Gasteiger partial charge in [-0.2, -0.15) is 0 Å². The van der Waals surface area contributed by atoms with Crippen LogP contribution in [-0.4, -0.2) is 34.7 Å². The van der Waals surface area contributed by atoms with Crippen molar-refractivity contribution in [1.29, 1.82) is 0 Å². The second-order valence-corrected chi connectivity index (χ2v) is 9.27. The van der Waals surface area contributed by atoms with Crippen LogP contribution in [-0.2, 0) is 4.74 Å². The van der Waals surface area contributed by atoms with Crippen molar-refractivity contribution >= 4 is 66.8 Å². The molecule has 0 spiro atoms. The van der Waals surface area contributed by atoms with E-state index in [1.165, 1.54) is 4.90 Å². The van der Waals surface area contributed by atoms with Crippen molar-refractivity contribution in [3.05, 3.63) is 70.8 Å². The average Bonchev–Trinajstić information content (AvgIpc) is 2.87. The second-order valence-electron chi connectivity index (χ2n) is 9.27. The second kappa shape index (κ2) is 6.63. The molecule has 7 rings (SSSR count). The lowest BCUT2D eigenvalue weighted by atomic mass is 9.82. The minimum atomic E-state index is -0.653. The third-order valence-electron chi connectivity index (χ3n) is 7.73. The van der Waals surface area contributed by atoms with Crippen LogP contribution in [0.2, 0.25) is 0 Å². The van der Waals surface area contributed by atoms with Crippen LogP contribution in [0.3, 0.4) is 0 Å². The molecule has 0 bridgehead atoms. The van der Waals surface area contributed by atoms with E-state index >= 15 is 0 Å². The molecule has 0 radical (unpaired) electrons. The van der Waals surface area contributed by atoms with Crippen molar-refractivity contribution < 1.29 is 23.9 Å². The van der Waals surface area contributed by atoms with Crippen LogP contribution < -0.4 is 0 Å². The van der Waals surface area contributed by atoms with E-state index in [4.69, 9.17) is 4.74 Å². The summed E-state index contributed by atoms with van der Waals surface area (Å²) in [7, 11) is 0. The van der Waals surface area contributed by atoms with Crippen molar-refractivity contribution in [3.63, 3.8) is 0 Å². The minimum Gasteiger partial charge on any atom is -0.386 e. The smallest absolute Gasteiger partial charge is 0.346 e. The molecule has 170 valence electrons. The van der Waals surface area contributed by atoms with Crippen LogP contribution >= 0.6 is 0 Å². The van der Waals surface area contributed by atoms with E-state index in [-0.39, 0.29) is 17.9 Å². The monoisotopic (exact) mass is 461 g/mol. The SMILES string of the molecule is CCC(CC)N1C(=O)c2ccc3c4ccc5c6c(ccc(c7ccc(c2c37)C1=O)c64)C(=O)OC5=O. The Balaban J connectivity index is 1.65. The number of hydrogen-bond donors (Lipinski definition) is 0. The third-order valence-corrected chi connectivity index (χ3v) is 7.73. The van der Waals surface area contributed by atoms with Crippen LogP contribution in [0.4, 0.5) is 0 Å². The highest BCUT2D eigenvalue weighted by molar-refractivity contribution is 6.40. The number of imide groups is 1. The molecule has 0 atom stereocenters. The lowest BCUT2D eigenvalue weighted by Crippen LogP contribution is -2.46. The third kappa shape index (κ3) is 2.29. The Bertz CT molecular complexity index is 1710.